The third-order valence-corrected chi connectivity index (χ3v) is 3.44. The smallest absolute Gasteiger partial charge is 0.201 e. The lowest BCUT2D eigenvalue weighted by Gasteiger charge is -2.13. The zero-order valence-corrected chi connectivity index (χ0v) is 11.6. The predicted molar refractivity (Wildman–Crippen MR) is 83.7 cm³/mol. The molecular weight excluding hydrogens is 248 g/mol. The van der Waals surface area contributed by atoms with E-state index in [1.807, 2.05) is 18.2 Å². The fraction of sp³-hybridized carbons (Fsp3) is 0.188. The number of hydrogen-bond acceptors (Lipinski definition) is 3. The molecule has 0 saturated heterocycles. The van der Waals surface area contributed by atoms with Gasteiger partial charge in [-0.05, 0) is 37.6 Å². The maximum absolute atomic E-state index is 5.77. The number of nitrogens with zero attached hydrogens (tertiary/aromatic N) is 1. The summed E-state index contributed by atoms with van der Waals surface area (Å²) in [6, 6.07) is 14.4. The second kappa shape index (κ2) is 4.89. The molecule has 0 radical (unpaired) electrons. The average molecular weight is 266 g/mol. The summed E-state index contributed by atoms with van der Waals surface area (Å²) >= 11 is 0. The Morgan fingerprint density at radius 1 is 1.15 bits per heavy atom. The predicted octanol–water partition coefficient (Wildman–Crippen LogP) is 3.63. The standard InChI is InChI=1S/C16H18N4/c1-10-3-5-12(6-4-10)11(2)18-16-19-14-8-7-13(17)9-15(14)20-16/h3-9,11H,17H2,1-2H3,(H2,18,19,20). The van der Waals surface area contributed by atoms with Crippen LogP contribution in [0.25, 0.3) is 11.0 Å². The number of nitrogen functional groups attached to an aromatic ring is 1. The summed E-state index contributed by atoms with van der Waals surface area (Å²) in [5.74, 6) is 0.763. The summed E-state index contributed by atoms with van der Waals surface area (Å²) in [6.07, 6.45) is 0. The molecule has 0 aliphatic rings. The number of benzene rings is 2. The van der Waals surface area contributed by atoms with Gasteiger partial charge < -0.3 is 16.0 Å². The monoisotopic (exact) mass is 266 g/mol. The number of anilines is 2. The van der Waals surface area contributed by atoms with Crippen LogP contribution in [-0.2, 0) is 0 Å². The number of nitrogens with two attached hydrogens (primary N) is 1. The molecule has 4 N–H and O–H groups in total. The minimum Gasteiger partial charge on any atom is -0.399 e. The van der Waals surface area contributed by atoms with Gasteiger partial charge in [-0.25, -0.2) is 4.98 Å². The zero-order valence-electron chi connectivity index (χ0n) is 11.6. The summed E-state index contributed by atoms with van der Waals surface area (Å²) in [6.45, 7) is 4.21. The Morgan fingerprint density at radius 2 is 1.90 bits per heavy atom. The first-order valence-corrected chi connectivity index (χ1v) is 6.70. The summed E-state index contributed by atoms with van der Waals surface area (Å²) < 4.78 is 0. The first-order valence-electron chi connectivity index (χ1n) is 6.70. The van der Waals surface area contributed by atoms with Gasteiger partial charge in [0, 0.05) is 5.69 Å². The van der Waals surface area contributed by atoms with Gasteiger partial charge in [-0.2, -0.15) is 0 Å². The number of fused-ring (bicyclic) bond motifs is 1. The Balaban J connectivity index is 1.83. The van der Waals surface area contributed by atoms with Gasteiger partial charge >= 0.3 is 0 Å². The Hall–Kier alpha value is -2.49. The molecule has 4 nitrogen and oxygen atoms in total. The number of aryl methyl sites for hydroxylation is 1. The van der Waals surface area contributed by atoms with Crippen LogP contribution in [0.2, 0.25) is 0 Å². The van der Waals surface area contributed by atoms with Crippen LogP contribution in [0.3, 0.4) is 0 Å². The van der Waals surface area contributed by atoms with Crippen molar-refractivity contribution < 1.29 is 0 Å². The van der Waals surface area contributed by atoms with E-state index < -0.39 is 0 Å². The van der Waals surface area contributed by atoms with Crippen LogP contribution in [0.4, 0.5) is 11.6 Å². The van der Waals surface area contributed by atoms with E-state index in [9.17, 15) is 0 Å². The van der Waals surface area contributed by atoms with Gasteiger partial charge in [0.15, 0.2) is 0 Å². The van der Waals surface area contributed by atoms with Gasteiger partial charge in [-0.3, -0.25) is 0 Å². The molecule has 0 spiro atoms. The molecule has 0 aliphatic heterocycles. The molecule has 3 aromatic rings. The summed E-state index contributed by atoms with van der Waals surface area (Å²) in [5.41, 5.74) is 10.9. The third kappa shape index (κ3) is 2.45. The SMILES string of the molecule is Cc1ccc(C(C)Nc2nc3ccc(N)cc3[nH]2)cc1. The van der Waals surface area contributed by atoms with E-state index in [4.69, 9.17) is 5.73 Å². The van der Waals surface area contributed by atoms with Crippen LogP contribution in [0.5, 0.6) is 0 Å². The highest BCUT2D eigenvalue weighted by molar-refractivity contribution is 5.80. The van der Waals surface area contributed by atoms with Crippen LogP contribution < -0.4 is 11.1 Å². The molecule has 0 bridgehead atoms. The molecule has 3 rings (SSSR count). The van der Waals surface area contributed by atoms with Crippen LogP contribution in [0, 0.1) is 6.92 Å². The molecule has 102 valence electrons. The van der Waals surface area contributed by atoms with E-state index >= 15 is 0 Å². The molecule has 0 amide bonds. The van der Waals surface area contributed by atoms with Crippen molar-refractivity contribution in [2.75, 3.05) is 11.1 Å². The normalized spacial score (nSPS) is 12.5. The lowest BCUT2D eigenvalue weighted by atomic mass is 10.1. The molecule has 0 fully saturated rings. The van der Waals surface area contributed by atoms with Crippen LogP contribution >= 0.6 is 0 Å². The van der Waals surface area contributed by atoms with Crippen LogP contribution in [0.15, 0.2) is 42.5 Å². The van der Waals surface area contributed by atoms with Crippen molar-refractivity contribution in [2.24, 2.45) is 0 Å². The second-order valence-electron chi connectivity index (χ2n) is 5.14. The molecule has 2 aromatic carbocycles. The minimum atomic E-state index is 0.188. The fourth-order valence-electron chi connectivity index (χ4n) is 2.24. The molecule has 1 unspecified atom stereocenters. The highest BCUT2D eigenvalue weighted by Crippen LogP contribution is 2.21. The van der Waals surface area contributed by atoms with Crippen molar-refractivity contribution in [3.05, 3.63) is 53.6 Å². The van der Waals surface area contributed by atoms with Gasteiger partial charge in [0.05, 0.1) is 17.1 Å². The van der Waals surface area contributed by atoms with Gasteiger partial charge in [0.2, 0.25) is 5.95 Å². The number of nitrogens with one attached hydrogen (secondary N) is 2. The Kier molecular flexibility index (Phi) is 3.06. The quantitative estimate of drug-likeness (QED) is 0.634. The Labute approximate surface area is 118 Å². The van der Waals surface area contributed by atoms with E-state index in [2.05, 4.69) is 53.4 Å². The molecule has 0 saturated carbocycles. The maximum atomic E-state index is 5.77. The number of H-pyrrole nitrogens is 1. The van der Waals surface area contributed by atoms with Crippen LogP contribution in [-0.4, -0.2) is 9.97 Å². The number of aromatic nitrogens is 2. The largest absolute Gasteiger partial charge is 0.399 e. The highest BCUT2D eigenvalue weighted by Gasteiger charge is 2.08. The average Bonchev–Trinajstić information content (AvgIpc) is 2.80. The van der Waals surface area contributed by atoms with Gasteiger partial charge in [0.1, 0.15) is 0 Å². The second-order valence-corrected chi connectivity index (χ2v) is 5.14. The van der Waals surface area contributed by atoms with E-state index in [1.54, 1.807) is 0 Å². The summed E-state index contributed by atoms with van der Waals surface area (Å²) in [4.78, 5) is 7.76. The van der Waals surface area contributed by atoms with Crippen molar-refractivity contribution >= 4 is 22.7 Å². The van der Waals surface area contributed by atoms with Crippen molar-refractivity contribution in [2.45, 2.75) is 19.9 Å². The summed E-state index contributed by atoms with van der Waals surface area (Å²) in [7, 11) is 0. The number of hydrogen-bond donors (Lipinski definition) is 3. The first kappa shape index (κ1) is 12.5. The molecular formula is C16H18N4. The van der Waals surface area contributed by atoms with E-state index in [0.717, 1.165) is 22.7 Å². The Bertz CT molecular complexity index is 728. The maximum Gasteiger partial charge on any atom is 0.201 e. The minimum absolute atomic E-state index is 0.188. The molecule has 1 atom stereocenters. The summed E-state index contributed by atoms with van der Waals surface area (Å²) in [5, 5.41) is 3.38. The topological polar surface area (TPSA) is 66.7 Å². The molecule has 20 heavy (non-hydrogen) atoms. The van der Waals surface area contributed by atoms with Crippen molar-refractivity contribution in [1.82, 2.24) is 9.97 Å². The lowest BCUT2D eigenvalue weighted by Crippen LogP contribution is -2.07. The third-order valence-electron chi connectivity index (χ3n) is 3.44. The lowest BCUT2D eigenvalue weighted by molar-refractivity contribution is 0.868. The van der Waals surface area contributed by atoms with Gasteiger partial charge in [-0.1, -0.05) is 29.8 Å². The van der Waals surface area contributed by atoms with Crippen molar-refractivity contribution in [3.8, 4) is 0 Å². The van der Waals surface area contributed by atoms with E-state index in [0.29, 0.717) is 0 Å². The highest BCUT2D eigenvalue weighted by atomic mass is 15.1. The van der Waals surface area contributed by atoms with E-state index in [1.165, 1.54) is 11.1 Å². The first-order chi connectivity index (χ1) is 9.61. The molecule has 4 heteroatoms. The fourth-order valence-corrected chi connectivity index (χ4v) is 2.24. The van der Waals surface area contributed by atoms with Crippen LogP contribution in [0.1, 0.15) is 24.1 Å². The van der Waals surface area contributed by atoms with Gasteiger partial charge in [0.25, 0.3) is 0 Å². The molecule has 1 heterocycles. The van der Waals surface area contributed by atoms with Gasteiger partial charge in [-0.15, -0.1) is 0 Å². The number of rotatable bonds is 3. The number of imidazole rings is 1. The zero-order chi connectivity index (χ0) is 14.1. The van der Waals surface area contributed by atoms with Crippen molar-refractivity contribution in [3.63, 3.8) is 0 Å². The Morgan fingerprint density at radius 3 is 2.65 bits per heavy atom. The number of aromatic amines is 1. The molecule has 1 aromatic heterocycles. The van der Waals surface area contributed by atoms with E-state index in [-0.39, 0.29) is 6.04 Å². The molecule has 0 aliphatic carbocycles. The van der Waals surface area contributed by atoms with Crippen molar-refractivity contribution in [1.29, 1.82) is 0 Å².